The fourth-order valence-electron chi connectivity index (χ4n) is 1.38. The van der Waals surface area contributed by atoms with Crippen LogP contribution in [0.4, 0.5) is 5.82 Å². The number of aryl methyl sites for hydroxylation is 1. The molecule has 0 saturated heterocycles. The Kier molecular flexibility index (Phi) is 4.46. The van der Waals surface area contributed by atoms with Crippen molar-refractivity contribution in [1.82, 2.24) is 10.3 Å². The van der Waals surface area contributed by atoms with E-state index in [1.807, 2.05) is 0 Å². The number of nitrogens with zero attached hydrogens (tertiary/aromatic N) is 2. The molecule has 2 aromatic rings. The second-order valence-electron chi connectivity index (χ2n) is 4.02. The van der Waals surface area contributed by atoms with Crippen molar-refractivity contribution in [2.75, 3.05) is 5.32 Å². The molecular formula is C12H11Cl2N3O3. The van der Waals surface area contributed by atoms with E-state index in [9.17, 15) is 4.79 Å². The van der Waals surface area contributed by atoms with E-state index in [4.69, 9.17) is 27.9 Å². The predicted octanol–water partition coefficient (Wildman–Crippen LogP) is 3.09. The Bertz CT molecular complexity index is 630. The Morgan fingerprint density at radius 3 is 2.75 bits per heavy atom. The minimum absolute atomic E-state index is 0.257. The third kappa shape index (κ3) is 3.40. The Labute approximate surface area is 125 Å². The van der Waals surface area contributed by atoms with Gasteiger partial charge in [0.25, 0.3) is 5.91 Å². The second kappa shape index (κ2) is 6.11. The van der Waals surface area contributed by atoms with Crippen molar-refractivity contribution >= 4 is 34.9 Å². The number of hydrogen-bond donors (Lipinski definition) is 1. The third-order valence-corrected chi connectivity index (χ3v) is 2.99. The van der Waals surface area contributed by atoms with Gasteiger partial charge in [-0.15, -0.1) is 0 Å². The third-order valence-electron chi connectivity index (χ3n) is 2.46. The second-order valence-corrected chi connectivity index (χ2v) is 4.87. The summed E-state index contributed by atoms with van der Waals surface area (Å²) in [5.74, 6) is 0.233. The summed E-state index contributed by atoms with van der Waals surface area (Å²) in [6, 6.07) is 4.76. The van der Waals surface area contributed by atoms with E-state index in [0.29, 0.717) is 21.5 Å². The predicted molar refractivity (Wildman–Crippen MR) is 74.2 cm³/mol. The highest BCUT2D eigenvalue weighted by Crippen LogP contribution is 2.28. The number of carbonyl (C=O) groups excluding carboxylic acids is 1. The summed E-state index contributed by atoms with van der Waals surface area (Å²) in [6.07, 6.45) is -0.773. The Morgan fingerprint density at radius 1 is 1.40 bits per heavy atom. The van der Waals surface area contributed by atoms with Crippen molar-refractivity contribution in [3.63, 3.8) is 0 Å². The number of aromatic nitrogens is 2. The Hall–Kier alpha value is -1.79. The summed E-state index contributed by atoms with van der Waals surface area (Å²) in [5.41, 5.74) is 0.482. The van der Waals surface area contributed by atoms with E-state index >= 15 is 0 Å². The number of anilines is 1. The van der Waals surface area contributed by atoms with Crippen LogP contribution in [0.1, 0.15) is 12.6 Å². The van der Waals surface area contributed by atoms with Crippen molar-refractivity contribution in [2.24, 2.45) is 0 Å². The number of halogens is 2. The Balaban J connectivity index is 2.02. The minimum atomic E-state index is -0.773. The highest BCUT2D eigenvalue weighted by atomic mass is 35.5. The van der Waals surface area contributed by atoms with Crippen LogP contribution in [0, 0.1) is 6.92 Å². The molecule has 0 fully saturated rings. The first kappa shape index (κ1) is 14.6. The molecule has 1 unspecified atom stereocenters. The van der Waals surface area contributed by atoms with Crippen LogP contribution in [0.15, 0.2) is 22.8 Å². The van der Waals surface area contributed by atoms with Crippen LogP contribution in [0.2, 0.25) is 10.0 Å². The molecule has 2 rings (SSSR count). The van der Waals surface area contributed by atoms with Gasteiger partial charge in [-0.2, -0.15) is 0 Å². The van der Waals surface area contributed by atoms with Crippen LogP contribution in [0.3, 0.4) is 0 Å². The normalized spacial score (nSPS) is 12.0. The first-order chi connectivity index (χ1) is 9.47. The van der Waals surface area contributed by atoms with Crippen LogP contribution in [0.5, 0.6) is 5.75 Å². The molecular weight excluding hydrogens is 305 g/mol. The van der Waals surface area contributed by atoms with E-state index in [1.54, 1.807) is 26.0 Å². The first-order valence-electron chi connectivity index (χ1n) is 5.69. The summed E-state index contributed by atoms with van der Waals surface area (Å²) in [5, 5.41) is 10.5. The lowest BCUT2D eigenvalue weighted by Crippen LogP contribution is -2.30. The monoisotopic (exact) mass is 315 g/mol. The quantitative estimate of drug-likeness (QED) is 0.938. The van der Waals surface area contributed by atoms with Crippen molar-refractivity contribution in [1.29, 1.82) is 0 Å². The van der Waals surface area contributed by atoms with Crippen molar-refractivity contribution in [3.05, 3.63) is 33.9 Å². The highest BCUT2D eigenvalue weighted by Gasteiger charge is 2.19. The van der Waals surface area contributed by atoms with E-state index in [2.05, 4.69) is 20.3 Å². The largest absolute Gasteiger partial charge is 0.479 e. The van der Waals surface area contributed by atoms with Crippen molar-refractivity contribution < 1.29 is 14.2 Å². The molecule has 1 heterocycles. The molecule has 6 nitrogen and oxygen atoms in total. The minimum Gasteiger partial charge on any atom is -0.479 e. The van der Waals surface area contributed by atoms with E-state index in [1.165, 1.54) is 6.07 Å². The number of hydrogen-bond acceptors (Lipinski definition) is 5. The molecule has 0 aliphatic carbocycles. The molecule has 0 aliphatic rings. The number of nitrogens with one attached hydrogen (secondary N) is 1. The van der Waals surface area contributed by atoms with Gasteiger partial charge in [-0.1, -0.05) is 28.4 Å². The summed E-state index contributed by atoms with van der Waals surface area (Å²) in [4.78, 5) is 11.9. The number of carbonyl (C=O) groups is 1. The zero-order valence-electron chi connectivity index (χ0n) is 10.7. The number of benzene rings is 1. The molecule has 1 aromatic carbocycles. The lowest BCUT2D eigenvalue weighted by Gasteiger charge is -2.14. The maximum absolute atomic E-state index is 11.9. The molecule has 1 N–H and O–H groups in total. The van der Waals surface area contributed by atoms with Gasteiger partial charge in [0.15, 0.2) is 11.9 Å². The zero-order valence-corrected chi connectivity index (χ0v) is 12.2. The molecule has 20 heavy (non-hydrogen) atoms. The summed E-state index contributed by atoms with van der Waals surface area (Å²) >= 11 is 11.8. The number of ether oxygens (including phenoxy) is 1. The van der Waals surface area contributed by atoms with Gasteiger partial charge in [-0.25, -0.2) is 4.63 Å². The van der Waals surface area contributed by atoms with Gasteiger partial charge in [0.1, 0.15) is 11.4 Å². The fourth-order valence-corrected chi connectivity index (χ4v) is 1.83. The van der Waals surface area contributed by atoms with Gasteiger partial charge in [-0.3, -0.25) is 4.79 Å². The van der Waals surface area contributed by atoms with Gasteiger partial charge in [0.05, 0.1) is 5.02 Å². The summed E-state index contributed by atoms with van der Waals surface area (Å²) in [6.45, 7) is 3.25. The molecule has 0 radical (unpaired) electrons. The standard InChI is InChI=1S/C12H11Cl2N3O3/c1-6-11(17-20-16-6)15-12(18)7(2)19-10-4-3-8(13)5-9(10)14/h3-5,7H,1-2H3,(H,15,17,18). The molecule has 106 valence electrons. The average Bonchev–Trinajstić information content (AvgIpc) is 2.78. The van der Waals surface area contributed by atoms with Crippen molar-refractivity contribution in [2.45, 2.75) is 20.0 Å². The molecule has 1 amide bonds. The molecule has 1 atom stereocenters. The number of rotatable bonds is 4. The van der Waals surface area contributed by atoms with E-state index < -0.39 is 12.0 Å². The fraction of sp³-hybridized carbons (Fsp3) is 0.250. The van der Waals surface area contributed by atoms with Crippen LogP contribution < -0.4 is 10.1 Å². The molecule has 0 bridgehead atoms. The van der Waals surface area contributed by atoms with E-state index in [0.717, 1.165) is 0 Å². The van der Waals surface area contributed by atoms with Crippen LogP contribution in [-0.4, -0.2) is 22.3 Å². The highest BCUT2D eigenvalue weighted by molar-refractivity contribution is 6.35. The molecule has 0 aliphatic heterocycles. The maximum atomic E-state index is 11.9. The molecule has 8 heteroatoms. The lowest BCUT2D eigenvalue weighted by atomic mass is 10.3. The van der Waals surface area contributed by atoms with Gasteiger partial charge in [0.2, 0.25) is 0 Å². The molecule has 0 spiro atoms. The maximum Gasteiger partial charge on any atom is 0.266 e. The SMILES string of the molecule is Cc1nonc1NC(=O)C(C)Oc1ccc(Cl)cc1Cl. The first-order valence-corrected chi connectivity index (χ1v) is 6.44. The van der Waals surface area contributed by atoms with Crippen LogP contribution >= 0.6 is 23.2 Å². The lowest BCUT2D eigenvalue weighted by molar-refractivity contribution is -0.122. The smallest absolute Gasteiger partial charge is 0.266 e. The molecule has 0 saturated carbocycles. The van der Waals surface area contributed by atoms with Gasteiger partial charge < -0.3 is 10.1 Å². The summed E-state index contributed by atoms with van der Waals surface area (Å²) < 4.78 is 9.95. The zero-order chi connectivity index (χ0) is 14.7. The number of amides is 1. The van der Waals surface area contributed by atoms with Gasteiger partial charge >= 0.3 is 0 Å². The van der Waals surface area contributed by atoms with E-state index in [-0.39, 0.29) is 5.82 Å². The van der Waals surface area contributed by atoms with Gasteiger partial charge in [0, 0.05) is 5.02 Å². The van der Waals surface area contributed by atoms with Crippen molar-refractivity contribution in [3.8, 4) is 5.75 Å². The summed E-state index contributed by atoms with van der Waals surface area (Å²) in [7, 11) is 0. The topological polar surface area (TPSA) is 77.3 Å². The Morgan fingerprint density at radius 2 is 2.15 bits per heavy atom. The molecule has 1 aromatic heterocycles. The van der Waals surface area contributed by atoms with Crippen LogP contribution in [0.25, 0.3) is 0 Å². The average molecular weight is 316 g/mol. The van der Waals surface area contributed by atoms with Gasteiger partial charge in [-0.05, 0) is 37.2 Å². The van der Waals surface area contributed by atoms with Crippen LogP contribution in [-0.2, 0) is 4.79 Å².